The van der Waals surface area contributed by atoms with Gasteiger partial charge in [0.1, 0.15) is 30.7 Å². The van der Waals surface area contributed by atoms with Crippen molar-refractivity contribution in [1.29, 1.82) is 0 Å². The average molecular weight is 724 g/mol. The Balaban J connectivity index is 1.29. The van der Waals surface area contributed by atoms with Crippen molar-refractivity contribution in [2.45, 2.75) is 58.1 Å². The van der Waals surface area contributed by atoms with E-state index in [-0.39, 0.29) is 36.9 Å². The van der Waals surface area contributed by atoms with E-state index in [0.29, 0.717) is 29.2 Å². The number of carbonyl (C=O) groups is 5. The SMILES string of the molecule is CCCCCCCOc1ccc(C(=O)Oc2ccc(C[C@H](NC(=O)c3ccc(NC(=O)COCc4ccccc4)cc3)C(=O)NCC(=O)O)cc2)cc1. The molecule has 53 heavy (non-hydrogen) atoms. The fourth-order valence-corrected chi connectivity index (χ4v) is 5.15. The molecule has 0 bridgehead atoms. The van der Waals surface area contributed by atoms with Crippen LogP contribution < -0.4 is 25.4 Å². The topological polar surface area (TPSA) is 169 Å². The van der Waals surface area contributed by atoms with Gasteiger partial charge in [0, 0.05) is 17.7 Å². The molecule has 12 heteroatoms. The normalized spacial score (nSPS) is 11.2. The summed E-state index contributed by atoms with van der Waals surface area (Å²) in [5, 5.41) is 16.7. The lowest BCUT2D eigenvalue weighted by atomic mass is 10.0. The summed E-state index contributed by atoms with van der Waals surface area (Å²) in [5.41, 5.74) is 2.56. The molecular formula is C41H45N3O9. The molecule has 12 nitrogen and oxygen atoms in total. The predicted molar refractivity (Wildman–Crippen MR) is 199 cm³/mol. The summed E-state index contributed by atoms with van der Waals surface area (Å²) in [5.74, 6) is -2.48. The zero-order valence-electron chi connectivity index (χ0n) is 29.7. The van der Waals surface area contributed by atoms with Crippen LogP contribution in [0.4, 0.5) is 5.69 Å². The molecule has 0 unspecified atom stereocenters. The summed E-state index contributed by atoms with van der Waals surface area (Å²) in [6, 6.07) is 27.5. The van der Waals surface area contributed by atoms with E-state index in [1.165, 1.54) is 31.4 Å². The van der Waals surface area contributed by atoms with Crippen LogP contribution in [0.25, 0.3) is 0 Å². The smallest absolute Gasteiger partial charge is 0.343 e. The van der Waals surface area contributed by atoms with E-state index in [1.54, 1.807) is 60.7 Å². The summed E-state index contributed by atoms with van der Waals surface area (Å²) < 4.78 is 16.7. The monoisotopic (exact) mass is 723 g/mol. The van der Waals surface area contributed by atoms with E-state index >= 15 is 0 Å². The number of aliphatic carboxylic acids is 1. The van der Waals surface area contributed by atoms with E-state index < -0.39 is 36.3 Å². The number of rotatable bonds is 21. The summed E-state index contributed by atoms with van der Waals surface area (Å²) in [7, 11) is 0. The average Bonchev–Trinajstić information content (AvgIpc) is 3.16. The lowest BCUT2D eigenvalue weighted by Crippen LogP contribution is -2.49. The number of ether oxygens (including phenoxy) is 3. The van der Waals surface area contributed by atoms with Crippen molar-refractivity contribution in [2.24, 2.45) is 0 Å². The van der Waals surface area contributed by atoms with Crippen molar-refractivity contribution in [2.75, 3.05) is 25.1 Å². The number of carboxylic acid groups (broad SMARTS) is 1. The van der Waals surface area contributed by atoms with Crippen LogP contribution in [0.2, 0.25) is 0 Å². The Labute approximate surface area is 308 Å². The summed E-state index contributed by atoms with van der Waals surface area (Å²) >= 11 is 0. The number of carbonyl (C=O) groups excluding carboxylic acids is 4. The van der Waals surface area contributed by atoms with E-state index in [0.717, 1.165) is 18.4 Å². The molecule has 0 heterocycles. The fraction of sp³-hybridized carbons (Fsp3) is 0.293. The molecule has 0 aliphatic carbocycles. The van der Waals surface area contributed by atoms with E-state index in [9.17, 15) is 24.0 Å². The molecule has 4 aromatic rings. The standard InChI is InChI=1S/C41H45N3O9/c1-2-3-4-5-9-24-52-34-22-16-32(17-23-34)41(50)53-35-20-12-29(13-21-35)25-36(40(49)42-26-38(46)47)44-39(48)31-14-18-33(19-15-31)43-37(45)28-51-27-30-10-7-6-8-11-30/h6-8,10-23,36H,2-5,9,24-28H2,1H3,(H,42,49)(H,43,45)(H,44,48)(H,46,47)/t36-/m0/s1. The number of esters is 1. The van der Waals surface area contributed by atoms with Gasteiger partial charge in [0.2, 0.25) is 11.8 Å². The molecule has 0 aliphatic rings. The zero-order valence-corrected chi connectivity index (χ0v) is 29.7. The second-order valence-corrected chi connectivity index (χ2v) is 12.3. The number of hydrogen-bond acceptors (Lipinski definition) is 8. The highest BCUT2D eigenvalue weighted by molar-refractivity contribution is 5.99. The number of carboxylic acids is 1. The van der Waals surface area contributed by atoms with Crippen LogP contribution in [0.3, 0.4) is 0 Å². The molecule has 0 aliphatic heterocycles. The minimum atomic E-state index is -1.24. The lowest BCUT2D eigenvalue weighted by Gasteiger charge is -2.18. The van der Waals surface area contributed by atoms with Gasteiger partial charge in [-0.15, -0.1) is 0 Å². The quantitative estimate of drug-likeness (QED) is 0.0461. The Morgan fingerprint density at radius 2 is 1.38 bits per heavy atom. The van der Waals surface area contributed by atoms with Gasteiger partial charge in [-0.3, -0.25) is 19.2 Å². The van der Waals surface area contributed by atoms with Gasteiger partial charge in [0.15, 0.2) is 0 Å². The zero-order chi connectivity index (χ0) is 37.8. The van der Waals surface area contributed by atoms with E-state index in [4.69, 9.17) is 19.3 Å². The van der Waals surface area contributed by atoms with Gasteiger partial charge >= 0.3 is 11.9 Å². The first-order valence-corrected chi connectivity index (χ1v) is 17.6. The number of benzene rings is 4. The molecular weight excluding hydrogens is 678 g/mol. The van der Waals surface area contributed by atoms with Gasteiger partial charge in [0.05, 0.1) is 18.8 Å². The molecule has 3 amide bonds. The maximum absolute atomic E-state index is 13.1. The van der Waals surface area contributed by atoms with Gasteiger partial charge in [-0.05, 0) is 78.2 Å². The highest BCUT2D eigenvalue weighted by Crippen LogP contribution is 2.19. The Bertz CT molecular complexity index is 1780. The van der Waals surface area contributed by atoms with E-state index in [1.807, 2.05) is 30.3 Å². The van der Waals surface area contributed by atoms with Crippen LogP contribution in [-0.2, 0) is 32.1 Å². The van der Waals surface area contributed by atoms with Crippen molar-refractivity contribution >= 4 is 35.3 Å². The lowest BCUT2D eigenvalue weighted by molar-refractivity contribution is -0.138. The predicted octanol–water partition coefficient (Wildman–Crippen LogP) is 5.95. The van der Waals surface area contributed by atoms with E-state index in [2.05, 4.69) is 22.9 Å². The summed E-state index contributed by atoms with van der Waals surface area (Å²) in [4.78, 5) is 62.2. The van der Waals surface area contributed by atoms with Crippen LogP contribution in [-0.4, -0.2) is 60.6 Å². The van der Waals surface area contributed by atoms with Crippen molar-refractivity contribution < 1.29 is 43.3 Å². The minimum Gasteiger partial charge on any atom is -0.494 e. The van der Waals surface area contributed by atoms with Gasteiger partial charge in [-0.25, -0.2) is 4.79 Å². The molecule has 0 aromatic heterocycles. The molecule has 4 rings (SSSR count). The fourth-order valence-electron chi connectivity index (χ4n) is 5.15. The van der Waals surface area contributed by atoms with Crippen molar-refractivity contribution in [1.82, 2.24) is 10.6 Å². The van der Waals surface area contributed by atoms with Crippen LogP contribution in [0.1, 0.15) is 70.9 Å². The van der Waals surface area contributed by atoms with Crippen LogP contribution in [0, 0.1) is 0 Å². The van der Waals surface area contributed by atoms with Crippen molar-refractivity contribution in [3.05, 3.63) is 125 Å². The van der Waals surface area contributed by atoms with Crippen molar-refractivity contribution in [3.8, 4) is 11.5 Å². The third-order valence-electron chi connectivity index (χ3n) is 7.99. The number of unbranched alkanes of at least 4 members (excludes halogenated alkanes) is 4. The molecule has 0 saturated carbocycles. The highest BCUT2D eigenvalue weighted by Gasteiger charge is 2.23. The second-order valence-electron chi connectivity index (χ2n) is 12.3. The molecule has 4 aromatic carbocycles. The number of anilines is 1. The molecule has 0 saturated heterocycles. The second kappa shape index (κ2) is 21.4. The summed E-state index contributed by atoms with van der Waals surface area (Å²) in [6.45, 7) is 2.30. The summed E-state index contributed by atoms with van der Waals surface area (Å²) in [6.07, 6.45) is 5.71. The first-order chi connectivity index (χ1) is 25.7. The molecule has 0 radical (unpaired) electrons. The minimum absolute atomic E-state index is 0.0165. The van der Waals surface area contributed by atoms with Crippen LogP contribution in [0.15, 0.2) is 103 Å². The maximum atomic E-state index is 13.1. The van der Waals surface area contributed by atoms with Gasteiger partial charge in [0.25, 0.3) is 5.91 Å². The molecule has 278 valence electrons. The molecule has 4 N–H and O–H groups in total. The van der Waals surface area contributed by atoms with Gasteiger partial charge in [-0.2, -0.15) is 0 Å². The largest absolute Gasteiger partial charge is 0.494 e. The first kappa shape index (κ1) is 39.8. The first-order valence-electron chi connectivity index (χ1n) is 17.6. The molecule has 1 atom stereocenters. The van der Waals surface area contributed by atoms with Gasteiger partial charge in [-0.1, -0.05) is 75.1 Å². The number of amides is 3. The Morgan fingerprint density at radius 1 is 0.717 bits per heavy atom. The Hall–Kier alpha value is -6.01. The highest BCUT2D eigenvalue weighted by atomic mass is 16.5. The molecule has 0 fully saturated rings. The van der Waals surface area contributed by atoms with Crippen molar-refractivity contribution in [3.63, 3.8) is 0 Å². The Kier molecular flexibility index (Phi) is 16.0. The third-order valence-corrected chi connectivity index (χ3v) is 7.99. The van der Waals surface area contributed by atoms with Crippen LogP contribution >= 0.6 is 0 Å². The third kappa shape index (κ3) is 14.3. The van der Waals surface area contributed by atoms with Crippen LogP contribution in [0.5, 0.6) is 11.5 Å². The van der Waals surface area contributed by atoms with Gasteiger partial charge < -0.3 is 35.3 Å². The number of nitrogens with one attached hydrogen (secondary N) is 3. The Morgan fingerprint density at radius 3 is 2.06 bits per heavy atom. The maximum Gasteiger partial charge on any atom is 0.343 e. The molecule has 0 spiro atoms. The number of hydrogen-bond donors (Lipinski definition) is 4.